The van der Waals surface area contributed by atoms with E-state index in [1.54, 1.807) is 13.8 Å². The fourth-order valence-corrected chi connectivity index (χ4v) is 1.23. The number of H-pyrrole nitrogens is 1. The summed E-state index contributed by atoms with van der Waals surface area (Å²) in [7, 11) is 0. The molecule has 0 radical (unpaired) electrons. The fraction of sp³-hybridized carbons (Fsp3) is 0.455. The molecule has 0 saturated heterocycles. The number of aromatic nitrogens is 2. The number of aromatic amines is 1. The summed E-state index contributed by atoms with van der Waals surface area (Å²) in [5, 5.41) is 0. The second-order valence-electron chi connectivity index (χ2n) is 3.33. The van der Waals surface area contributed by atoms with Gasteiger partial charge in [-0.25, -0.2) is 14.6 Å². The Morgan fingerprint density at radius 3 is 2.28 bits per heavy atom. The van der Waals surface area contributed by atoms with E-state index in [0.29, 0.717) is 0 Å². The van der Waals surface area contributed by atoms with Crippen LogP contribution in [0.5, 0.6) is 0 Å². The van der Waals surface area contributed by atoms with Gasteiger partial charge in [-0.1, -0.05) is 0 Å². The Morgan fingerprint density at radius 2 is 1.72 bits per heavy atom. The van der Waals surface area contributed by atoms with Crippen LogP contribution in [0, 0.1) is 6.92 Å². The van der Waals surface area contributed by atoms with Crippen LogP contribution in [-0.2, 0) is 9.47 Å². The lowest BCUT2D eigenvalue weighted by Gasteiger charge is -2.06. The second-order valence-corrected chi connectivity index (χ2v) is 3.33. The molecule has 1 N–H and O–H groups in total. The maximum absolute atomic E-state index is 11.6. The normalized spacial score (nSPS) is 9.94. The third-order valence-electron chi connectivity index (χ3n) is 2.09. The minimum atomic E-state index is -0.792. The van der Waals surface area contributed by atoms with Crippen LogP contribution in [0.25, 0.3) is 0 Å². The molecule has 1 aromatic rings. The van der Waals surface area contributed by atoms with Crippen LogP contribution < -0.4 is 5.56 Å². The average molecular weight is 254 g/mol. The predicted octanol–water partition coefficient (Wildman–Crippen LogP) is 0.432. The van der Waals surface area contributed by atoms with Gasteiger partial charge in [0.25, 0.3) is 5.56 Å². The monoisotopic (exact) mass is 254 g/mol. The van der Waals surface area contributed by atoms with Crippen molar-refractivity contribution >= 4 is 11.9 Å². The number of hydrogen-bond acceptors (Lipinski definition) is 6. The molecule has 0 saturated carbocycles. The van der Waals surface area contributed by atoms with E-state index in [9.17, 15) is 14.4 Å². The molecule has 0 aromatic carbocycles. The molecule has 0 bridgehead atoms. The quantitative estimate of drug-likeness (QED) is 0.782. The number of nitrogens with zero attached hydrogens (tertiary/aromatic N) is 1. The first kappa shape index (κ1) is 13.9. The zero-order valence-electron chi connectivity index (χ0n) is 10.4. The second kappa shape index (κ2) is 5.95. The van der Waals surface area contributed by atoms with E-state index in [1.165, 1.54) is 6.92 Å². The summed E-state index contributed by atoms with van der Waals surface area (Å²) in [6.07, 6.45) is 0. The van der Waals surface area contributed by atoms with Gasteiger partial charge in [0.15, 0.2) is 5.69 Å². The number of carbonyl (C=O) groups is 2. The van der Waals surface area contributed by atoms with Gasteiger partial charge >= 0.3 is 11.9 Å². The molecule has 0 unspecified atom stereocenters. The highest BCUT2D eigenvalue weighted by molar-refractivity contribution is 5.91. The summed E-state index contributed by atoms with van der Waals surface area (Å²) < 4.78 is 9.45. The Morgan fingerprint density at radius 1 is 1.17 bits per heavy atom. The largest absolute Gasteiger partial charge is 0.461 e. The maximum Gasteiger partial charge on any atom is 0.374 e. The molecule has 0 aliphatic rings. The van der Waals surface area contributed by atoms with Crippen LogP contribution in [0.15, 0.2) is 4.79 Å². The Hall–Kier alpha value is -2.18. The average Bonchev–Trinajstić information content (AvgIpc) is 2.32. The Balaban J connectivity index is 3.22. The van der Waals surface area contributed by atoms with Crippen molar-refractivity contribution in [1.82, 2.24) is 9.97 Å². The van der Waals surface area contributed by atoms with Gasteiger partial charge < -0.3 is 14.5 Å². The van der Waals surface area contributed by atoms with Crippen LogP contribution in [0.2, 0.25) is 0 Å². The molecule has 0 aliphatic carbocycles. The van der Waals surface area contributed by atoms with Crippen LogP contribution in [0.4, 0.5) is 0 Å². The first-order valence-electron chi connectivity index (χ1n) is 5.46. The molecule has 7 nitrogen and oxygen atoms in total. The van der Waals surface area contributed by atoms with Gasteiger partial charge in [-0.3, -0.25) is 4.79 Å². The molecule has 18 heavy (non-hydrogen) atoms. The smallest absolute Gasteiger partial charge is 0.374 e. The highest BCUT2D eigenvalue weighted by Crippen LogP contribution is 2.03. The molecule has 1 rings (SSSR count). The topological polar surface area (TPSA) is 98.3 Å². The molecule has 7 heteroatoms. The van der Waals surface area contributed by atoms with Crippen molar-refractivity contribution in [2.24, 2.45) is 0 Å². The summed E-state index contributed by atoms with van der Waals surface area (Å²) in [5.41, 5.74) is -0.652. The zero-order valence-corrected chi connectivity index (χ0v) is 10.4. The standard InChI is InChI=1S/C11H14N2O5/c1-4-17-10(15)7-6(3)9(14)13-8(12-7)11(16)18-5-2/h4-5H2,1-3H3,(H,12,13,14). The van der Waals surface area contributed by atoms with Gasteiger partial charge in [-0.2, -0.15) is 0 Å². The number of nitrogens with one attached hydrogen (secondary N) is 1. The SMILES string of the molecule is CCOC(=O)c1nc(C(=O)OCC)c(C)c(=O)[nH]1. The maximum atomic E-state index is 11.6. The van der Waals surface area contributed by atoms with Gasteiger partial charge in [0.2, 0.25) is 5.82 Å². The van der Waals surface area contributed by atoms with Crippen molar-refractivity contribution in [2.75, 3.05) is 13.2 Å². The molecular weight excluding hydrogens is 240 g/mol. The number of rotatable bonds is 4. The van der Waals surface area contributed by atoms with E-state index in [2.05, 4.69) is 9.97 Å². The third-order valence-corrected chi connectivity index (χ3v) is 2.09. The van der Waals surface area contributed by atoms with Crippen molar-refractivity contribution in [3.05, 3.63) is 27.4 Å². The third kappa shape index (κ3) is 2.93. The van der Waals surface area contributed by atoms with E-state index >= 15 is 0 Å². The first-order valence-corrected chi connectivity index (χ1v) is 5.46. The summed E-state index contributed by atoms with van der Waals surface area (Å²) in [5.74, 6) is -1.85. The summed E-state index contributed by atoms with van der Waals surface area (Å²) in [6, 6.07) is 0. The van der Waals surface area contributed by atoms with Gasteiger partial charge in [0.1, 0.15) is 0 Å². The minimum Gasteiger partial charge on any atom is -0.461 e. The lowest BCUT2D eigenvalue weighted by atomic mass is 10.2. The Labute approximate surface area is 103 Å². The van der Waals surface area contributed by atoms with Crippen molar-refractivity contribution in [3.8, 4) is 0 Å². The van der Waals surface area contributed by atoms with Crippen molar-refractivity contribution < 1.29 is 19.1 Å². The van der Waals surface area contributed by atoms with E-state index in [1.807, 2.05) is 0 Å². The van der Waals surface area contributed by atoms with Crippen LogP contribution in [-0.4, -0.2) is 35.1 Å². The molecule has 0 aliphatic heterocycles. The van der Waals surface area contributed by atoms with Crippen LogP contribution in [0.3, 0.4) is 0 Å². The lowest BCUT2D eigenvalue weighted by molar-refractivity contribution is 0.0504. The molecule has 0 fully saturated rings. The van der Waals surface area contributed by atoms with Gasteiger partial charge in [-0.05, 0) is 20.8 Å². The van der Waals surface area contributed by atoms with Gasteiger partial charge in [-0.15, -0.1) is 0 Å². The van der Waals surface area contributed by atoms with Crippen LogP contribution in [0.1, 0.15) is 40.5 Å². The van der Waals surface area contributed by atoms with E-state index in [4.69, 9.17) is 9.47 Å². The number of carbonyl (C=O) groups excluding carboxylic acids is 2. The number of esters is 2. The number of ether oxygens (including phenoxy) is 2. The fourth-order valence-electron chi connectivity index (χ4n) is 1.23. The van der Waals surface area contributed by atoms with E-state index in [-0.39, 0.29) is 30.3 Å². The van der Waals surface area contributed by atoms with Crippen LogP contribution >= 0.6 is 0 Å². The Kier molecular flexibility index (Phi) is 4.59. The predicted molar refractivity (Wildman–Crippen MR) is 61.5 cm³/mol. The first-order chi connectivity index (χ1) is 8.51. The molecule has 0 amide bonds. The highest BCUT2D eigenvalue weighted by Gasteiger charge is 2.19. The van der Waals surface area contributed by atoms with Crippen molar-refractivity contribution in [3.63, 3.8) is 0 Å². The van der Waals surface area contributed by atoms with E-state index in [0.717, 1.165) is 0 Å². The highest BCUT2D eigenvalue weighted by atomic mass is 16.5. The number of hydrogen-bond donors (Lipinski definition) is 1. The van der Waals surface area contributed by atoms with E-state index < -0.39 is 17.5 Å². The molecule has 0 atom stereocenters. The molecular formula is C11H14N2O5. The lowest BCUT2D eigenvalue weighted by Crippen LogP contribution is -2.24. The molecule has 1 heterocycles. The minimum absolute atomic E-state index is 0.0986. The molecule has 0 spiro atoms. The van der Waals surface area contributed by atoms with Crippen molar-refractivity contribution in [2.45, 2.75) is 20.8 Å². The van der Waals surface area contributed by atoms with Gasteiger partial charge in [0.05, 0.1) is 13.2 Å². The van der Waals surface area contributed by atoms with Crippen molar-refractivity contribution in [1.29, 1.82) is 0 Å². The molecule has 1 aromatic heterocycles. The van der Waals surface area contributed by atoms with Gasteiger partial charge in [0, 0.05) is 5.56 Å². The Bertz CT molecular complexity index is 521. The summed E-state index contributed by atoms with van der Waals surface area (Å²) in [4.78, 5) is 40.6. The molecule has 98 valence electrons. The summed E-state index contributed by atoms with van der Waals surface area (Å²) in [6.45, 7) is 4.97. The summed E-state index contributed by atoms with van der Waals surface area (Å²) >= 11 is 0. The zero-order chi connectivity index (χ0) is 13.7.